The van der Waals surface area contributed by atoms with Gasteiger partial charge in [-0.05, 0) is 56.1 Å². The number of carbonyl (C=O) groups excluding carboxylic acids is 1. The summed E-state index contributed by atoms with van der Waals surface area (Å²) in [6.07, 6.45) is 5.01. The van der Waals surface area contributed by atoms with Crippen LogP contribution in [-0.2, 0) is 26.1 Å². The first-order valence-electron chi connectivity index (χ1n) is 11.6. The molecule has 1 aromatic carbocycles. The van der Waals surface area contributed by atoms with Crippen LogP contribution < -0.4 is 4.72 Å². The number of benzene rings is 1. The van der Waals surface area contributed by atoms with Crippen LogP contribution in [0.15, 0.2) is 24.3 Å². The van der Waals surface area contributed by atoms with Crippen molar-refractivity contribution in [3.8, 4) is 0 Å². The molecule has 0 radical (unpaired) electrons. The standard InChI is InChI=1S/C23H35N3O5S/c1-16-14-21(24-32(28,29)25(2)3)22-15-31-19-10-8-18(9-11-19)20-7-5-4-6-17(20)12-13-30-23(27)26(16)22/h4-7,16,18-19,21-22,24H,8-15H2,1-3H3. The first-order chi connectivity index (χ1) is 15.3. The molecule has 1 N–H and O–H groups in total. The monoisotopic (exact) mass is 465 g/mol. The molecule has 1 saturated carbocycles. The summed E-state index contributed by atoms with van der Waals surface area (Å²) in [6, 6.07) is 7.48. The molecular formula is C23H35N3O5S. The normalized spacial score (nSPS) is 31.7. The molecule has 1 aliphatic carbocycles. The van der Waals surface area contributed by atoms with Gasteiger partial charge >= 0.3 is 6.09 Å². The van der Waals surface area contributed by atoms with Gasteiger partial charge in [0.05, 0.1) is 25.4 Å². The molecule has 0 aromatic heterocycles. The van der Waals surface area contributed by atoms with Gasteiger partial charge in [-0.15, -0.1) is 0 Å². The molecule has 8 nitrogen and oxygen atoms in total. The number of ether oxygens (including phenoxy) is 2. The van der Waals surface area contributed by atoms with Crippen molar-refractivity contribution in [2.45, 2.75) is 75.6 Å². The summed E-state index contributed by atoms with van der Waals surface area (Å²) in [5.41, 5.74) is 2.61. The SMILES string of the molecule is CC1CC(NS(=O)(=O)N(C)C)C2COC3CCC(CC3)c3ccccc3CCOC(=O)N12. The molecule has 3 aliphatic heterocycles. The summed E-state index contributed by atoms with van der Waals surface area (Å²) in [5.74, 6) is 0.507. The van der Waals surface area contributed by atoms with Gasteiger partial charge < -0.3 is 9.47 Å². The molecule has 2 bridgehead atoms. The first-order valence-corrected chi connectivity index (χ1v) is 13.0. The van der Waals surface area contributed by atoms with Gasteiger partial charge in [0.25, 0.3) is 10.2 Å². The van der Waals surface area contributed by atoms with E-state index in [9.17, 15) is 13.2 Å². The Hall–Kier alpha value is -1.68. The van der Waals surface area contributed by atoms with Gasteiger partial charge in [0.1, 0.15) is 0 Å². The van der Waals surface area contributed by atoms with Crippen LogP contribution in [0, 0.1) is 0 Å². The molecule has 0 spiro atoms. The molecule has 9 heteroatoms. The molecule has 2 fully saturated rings. The van der Waals surface area contributed by atoms with E-state index >= 15 is 0 Å². The van der Waals surface area contributed by atoms with Crippen LogP contribution in [0.3, 0.4) is 0 Å². The van der Waals surface area contributed by atoms with Crippen LogP contribution in [0.25, 0.3) is 0 Å². The van der Waals surface area contributed by atoms with Gasteiger partial charge in [0, 0.05) is 32.6 Å². The van der Waals surface area contributed by atoms with Crippen LogP contribution in [0.1, 0.15) is 56.1 Å². The van der Waals surface area contributed by atoms with Crippen molar-refractivity contribution in [2.75, 3.05) is 27.3 Å². The third kappa shape index (κ3) is 4.95. The third-order valence-electron chi connectivity index (χ3n) is 7.15. The lowest BCUT2D eigenvalue weighted by Gasteiger charge is -2.34. The predicted octanol–water partition coefficient (Wildman–Crippen LogP) is 2.65. The van der Waals surface area contributed by atoms with Crippen molar-refractivity contribution in [1.82, 2.24) is 13.9 Å². The highest BCUT2D eigenvalue weighted by Crippen LogP contribution is 2.37. The van der Waals surface area contributed by atoms with E-state index in [0.29, 0.717) is 32.0 Å². The Morgan fingerprint density at radius 3 is 2.56 bits per heavy atom. The van der Waals surface area contributed by atoms with E-state index in [1.165, 1.54) is 25.2 Å². The smallest absolute Gasteiger partial charge is 0.410 e. The predicted molar refractivity (Wildman–Crippen MR) is 122 cm³/mol. The van der Waals surface area contributed by atoms with Crippen molar-refractivity contribution in [1.29, 1.82) is 0 Å². The number of nitrogens with one attached hydrogen (secondary N) is 1. The Kier molecular flexibility index (Phi) is 7.09. The number of nitrogens with zero attached hydrogens (tertiary/aromatic N) is 2. The fourth-order valence-corrected chi connectivity index (χ4v) is 6.20. The minimum Gasteiger partial charge on any atom is -0.449 e. The quantitative estimate of drug-likeness (QED) is 0.742. The minimum absolute atomic E-state index is 0.126. The zero-order chi connectivity index (χ0) is 22.9. The number of rotatable bonds is 3. The van der Waals surface area contributed by atoms with Crippen molar-refractivity contribution >= 4 is 16.3 Å². The van der Waals surface area contributed by atoms with Crippen molar-refractivity contribution in [3.05, 3.63) is 35.4 Å². The molecular weight excluding hydrogens is 430 g/mol. The van der Waals surface area contributed by atoms with Gasteiger partial charge in [0.15, 0.2) is 0 Å². The van der Waals surface area contributed by atoms with Crippen LogP contribution in [-0.4, -0.2) is 75.3 Å². The fourth-order valence-electron chi connectivity index (χ4n) is 5.35. The molecule has 32 heavy (non-hydrogen) atoms. The summed E-state index contributed by atoms with van der Waals surface area (Å²) in [7, 11) is -0.644. The van der Waals surface area contributed by atoms with Crippen molar-refractivity contribution < 1.29 is 22.7 Å². The van der Waals surface area contributed by atoms with Crippen LogP contribution in [0.5, 0.6) is 0 Å². The number of carbonyl (C=O) groups is 1. The molecule has 1 aromatic rings. The third-order valence-corrected chi connectivity index (χ3v) is 8.71. The molecule has 5 rings (SSSR count). The fraction of sp³-hybridized carbons (Fsp3) is 0.696. The van der Waals surface area contributed by atoms with E-state index in [1.807, 2.05) is 13.0 Å². The largest absolute Gasteiger partial charge is 0.449 e. The highest BCUT2D eigenvalue weighted by atomic mass is 32.2. The average molecular weight is 466 g/mol. The maximum Gasteiger partial charge on any atom is 0.410 e. The van der Waals surface area contributed by atoms with Crippen molar-refractivity contribution in [3.63, 3.8) is 0 Å². The number of fused-ring (bicyclic) bond motifs is 6. The lowest BCUT2D eigenvalue weighted by atomic mass is 9.80. The van der Waals surface area contributed by atoms with E-state index in [4.69, 9.17) is 9.47 Å². The highest BCUT2D eigenvalue weighted by Gasteiger charge is 2.45. The maximum atomic E-state index is 13.1. The summed E-state index contributed by atoms with van der Waals surface area (Å²) in [6.45, 7) is 2.53. The summed E-state index contributed by atoms with van der Waals surface area (Å²) < 4.78 is 40.9. The van der Waals surface area contributed by atoms with E-state index in [-0.39, 0.29) is 12.1 Å². The van der Waals surface area contributed by atoms with E-state index in [1.54, 1.807) is 4.90 Å². The summed E-state index contributed by atoms with van der Waals surface area (Å²) >= 11 is 0. The molecule has 3 atom stereocenters. The minimum atomic E-state index is -3.63. The number of hydrogen-bond acceptors (Lipinski definition) is 5. The van der Waals surface area contributed by atoms with E-state index in [0.717, 1.165) is 30.0 Å². The molecule has 3 heterocycles. The van der Waals surface area contributed by atoms with Gasteiger partial charge in [-0.2, -0.15) is 17.4 Å². The topological polar surface area (TPSA) is 88.2 Å². The van der Waals surface area contributed by atoms with Crippen LogP contribution in [0.4, 0.5) is 4.79 Å². The van der Waals surface area contributed by atoms with Gasteiger partial charge in [-0.1, -0.05) is 24.3 Å². The van der Waals surface area contributed by atoms with Gasteiger partial charge in [-0.25, -0.2) is 4.79 Å². The molecule has 178 valence electrons. The van der Waals surface area contributed by atoms with Crippen LogP contribution in [0.2, 0.25) is 0 Å². The molecule has 4 aliphatic rings. The second kappa shape index (κ2) is 9.67. The molecule has 3 unspecified atom stereocenters. The Balaban J connectivity index is 1.57. The Bertz CT molecular complexity index is 914. The highest BCUT2D eigenvalue weighted by molar-refractivity contribution is 7.87. The Morgan fingerprint density at radius 1 is 1.12 bits per heavy atom. The molecule has 1 saturated heterocycles. The number of hydrogen-bond donors (Lipinski definition) is 1. The van der Waals surface area contributed by atoms with Crippen molar-refractivity contribution in [2.24, 2.45) is 0 Å². The Labute approximate surface area is 191 Å². The second-order valence-corrected chi connectivity index (χ2v) is 11.4. The lowest BCUT2D eigenvalue weighted by molar-refractivity contribution is -0.0110. The first kappa shape index (κ1) is 23.5. The Morgan fingerprint density at radius 2 is 1.84 bits per heavy atom. The summed E-state index contributed by atoms with van der Waals surface area (Å²) in [5, 5.41) is 0. The average Bonchev–Trinajstić information content (AvgIpc) is 3.06. The van der Waals surface area contributed by atoms with Crippen LogP contribution >= 0.6 is 0 Å². The van der Waals surface area contributed by atoms with E-state index < -0.39 is 28.4 Å². The van der Waals surface area contributed by atoms with E-state index in [2.05, 4.69) is 22.9 Å². The van der Waals surface area contributed by atoms with Gasteiger partial charge in [-0.3, -0.25) is 4.90 Å². The van der Waals surface area contributed by atoms with Gasteiger partial charge in [0.2, 0.25) is 0 Å². The second-order valence-electron chi connectivity index (χ2n) is 9.44. The summed E-state index contributed by atoms with van der Waals surface area (Å²) in [4.78, 5) is 14.7. The molecule has 1 amide bonds. The maximum absolute atomic E-state index is 13.1. The number of amides is 1. The lowest BCUT2D eigenvalue weighted by Crippen LogP contribution is -2.52. The zero-order valence-corrected chi connectivity index (χ0v) is 20.0. The zero-order valence-electron chi connectivity index (χ0n) is 19.2.